The fourth-order valence-electron chi connectivity index (χ4n) is 2.24. The molecule has 4 nitrogen and oxygen atoms in total. The van der Waals surface area contributed by atoms with Crippen LogP contribution >= 0.6 is 0 Å². The summed E-state index contributed by atoms with van der Waals surface area (Å²) in [7, 11) is 0. The zero-order valence-corrected chi connectivity index (χ0v) is 9.08. The van der Waals surface area contributed by atoms with E-state index in [0.29, 0.717) is 12.5 Å². The van der Waals surface area contributed by atoms with Gasteiger partial charge < -0.3 is 14.4 Å². The Morgan fingerprint density at radius 3 is 3.06 bits per heavy atom. The molecule has 0 amide bonds. The van der Waals surface area contributed by atoms with Crippen LogP contribution in [0.1, 0.15) is 6.42 Å². The smallest absolute Gasteiger partial charge is 0.138 e. The fourth-order valence-corrected chi connectivity index (χ4v) is 2.24. The average molecular weight is 217 g/mol. The van der Waals surface area contributed by atoms with E-state index in [0.717, 1.165) is 25.2 Å². The van der Waals surface area contributed by atoms with Gasteiger partial charge in [0.2, 0.25) is 0 Å². The van der Waals surface area contributed by atoms with Crippen molar-refractivity contribution in [1.29, 1.82) is 0 Å². The van der Waals surface area contributed by atoms with Crippen LogP contribution in [0, 0.1) is 5.92 Å². The molecule has 3 heterocycles. The molecular formula is C12H15N3O. The molecule has 0 aliphatic carbocycles. The number of nitrogens with zero attached hydrogens (tertiary/aromatic N) is 3. The first-order chi connectivity index (χ1) is 7.86. The highest BCUT2D eigenvalue weighted by Gasteiger charge is 2.26. The molecule has 0 radical (unpaired) electrons. The van der Waals surface area contributed by atoms with Gasteiger partial charge in [0.1, 0.15) is 5.65 Å². The Kier molecular flexibility index (Phi) is 2.29. The number of hydrogen-bond acceptors (Lipinski definition) is 3. The van der Waals surface area contributed by atoms with Crippen molar-refractivity contribution in [3.63, 3.8) is 0 Å². The van der Waals surface area contributed by atoms with Crippen molar-refractivity contribution in [1.82, 2.24) is 9.38 Å². The van der Waals surface area contributed by atoms with Gasteiger partial charge in [0.15, 0.2) is 0 Å². The van der Waals surface area contributed by atoms with Crippen molar-refractivity contribution in [3.8, 4) is 0 Å². The van der Waals surface area contributed by atoms with Crippen molar-refractivity contribution < 1.29 is 5.11 Å². The van der Waals surface area contributed by atoms with Gasteiger partial charge in [-0.05, 0) is 18.4 Å². The third kappa shape index (κ3) is 1.55. The fraction of sp³-hybridized carbons (Fsp3) is 0.417. The number of aliphatic hydroxyl groups excluding tert-OH is 1. The zero-order valence-electron chi connectivity index (χ0n) is 9.08. The van der Waals surface area contributed by atoms with Crippen LogP contribution in [-0.2, 0) is 0 Å². The molecule has 1 saturated heterocycles. The monoisotopic (exact) mass is 217 g/mol. The van der Waals surface area contributed by atoms with E-state index < -0.39 is 0 Å². The number of pyridine rings is 1. The van der Waals surface area contributed by atoms with Gasteiger partial charge >= 0.3 is 0 Å². The molecule has 1 aliphatic heterocycles. The molecule has 1 aliphatic rings. The highest BCUT2D eigenvalue weighted by atomic mass is 16.3. The lowest BCUT2D eigenvalue weighted by atomic mass is 9.96. The van der Waals surface area contributed by atoms with Crippen LogP contribution in [0.2, 0.25) is 0 Å². The lowest BCUT2D eigenvalue weighted by Crippen LogP contribution is -2.47. The molecule has 0 aromatic carbocycles. The summed E-state index contributed by atoms with van der Waals surface area (Å²) in [6.45, 7) is 2.41. The Hall–Kier alpha value is -1.55. The van der Waals surface area contributed by atoms with Gasteiger partial charge in [-0.3, -0.25) is 0 Å². The number of anilines is 1. The summed E-state index contributed by atoms with van der Waals surface area (Å²) < 4.78 is 2.01. The van der Waals surface area contributed by atoms with Crippen LogP contribution < -0.4 is 4.90 Å². The quantitative estimate of drug-likeness (QED) is 0.838. The normalized spacial score (nSPS) is 16.7. The highest BCUT2D eigenvalue weighted by Crippen LogP contribution is 2.26. The molecule has 1 fully saturated rings. The molecule has 0 atom stereocenters. The summed E-state index contributed by atoms with van der Waals surface area (Å²) in [5.41, 5.74) is 2.22. The first-order valence-corrected chi connectivity index (χ1v) is 5.65. The summed E-state index contributed by atoms with van der Waals surface area (Å²) in [5.74, 6) is 0.654. The molecule has 0 unspecified atom stereocenters. The van der Waals surface area contributed by atoms with E-state index in [4.69, 9.17) is 5.11 Å². The molecule has 16 heavy (non-hydrogen) atoms. The topological polar surface area (TPSA) is 40.8 Å². The number of imidazole rings is 1. The molecule has 3 rings (SSSR count). The van der Waals surface area contributed by atoms with E-state index in [1.165, 1.54) is 5.69 Å². The standard InChI is InChI=1S/C12H15N3O/c16-6-2-10-8-15(9-10)11-1-4-14-5-3-13-12(14)7-11/h1,3-5,7,10,16H,2,6,8-9H2. The van der Waals surface area contributed by atoms with Gasteiger partial charge in [-0.1, -0.05) is 0 Å². The molecule has 2 aromatic heterocycles. The maximum absolute atomic E-state index is 8.84. The van der Waals surface area contributed by atoms with Gasteiger partial charge in [-0.25, -0.2) is 4.98 Å². The van der Waals surface area contributed by atoms with Crippen molar-refractivity contribution in [2.75, 3.05) is 24.6 Å². The predicted molar refractivity (Wildman–Crippen MR) is 62.6 cm³/mol. The SMILES string of the molecule is OCCC1CN(c2ccn3ccnc3c2)C1. The molecule has 0 bridgehead atoms. The third-order valence-corrected chi connectivity index (χ3v) is 3.24. The number of aliphatic hydroxyl groups is 1. The third-order valence-electron chi connectivity index (χ3n) is 3.24. The van der Waals surface area contributed by atoms with Crippen LogP contribution in [0.25, 0.3) is 5.65 Å². The number of aromatic nitrogens is 2. The minimum Gasteiger partial charge on any atom is -0.396 e. The molecule has 4 heteroatoms. The summed E-state index contributed by atoms with van der Waals surface area (Å²) >= 11 is 0. The lowest BCUT2D eigenvalue weighted by Gasteiger charge is -2.41. The van der Waals surface area contributed by atoms with Crippen LogP contribution in [0.3, 0.4) is 0 Å². The van der Waals surface area contributed by atoms with Crippen molar-refractivity contribution in [2.45, 2.75) is 6.42 Å². The summed E-state index contributed by atoms with van der Waals surface area (Å²) in [6.07, 6.45) is 6.72. The second-order valence-electron chi connectivity index (χ2n) is 4.36. The maximum atomic E-state index is 8.84. The minimum absolute atomic E-state index is 0.303. The average Bonchev–Trinajstić information content (AvgIpc) is 2.69. The van der Waals surface area contributed by atoms with E-state index in [-0.39, 0.29) is 0 Å². The van der Waals surface area contributed by atoms with E-state index >= 15 is 0 Å². The first kappa shape index (κ1) is 9.66. The van der Waals surface area contributed by atoms with E-state index in [2.05, 4.69) is 22.0 Å². The Labute approximate surface area is 94.1 Å². The summed E-state index contributed by atoms with van der Waals surface area (Å²) in [6, 6.07) is 4.22. The van der Waals surface area contributed by atoms with Crippen LogP contribution in [0.15, 0.2) is 30.7 Å². The predicted octanol–water partition coefficient (Wildman–Crippen LogP) is 1.15. The first-order valence-electron chi connectivity index (χ1n) is 5.65. The maximum Gasteiger partial charge on any atom is 0.138 e. The summed E-state index contributed by atoms with van der Waals surface area (Å²) in [4.78, 5) is 6.60. The number of hydrogen-bond donors (Lipinski definition) is 1. The Balaban J connectivity index is 1.75. The second kappa shape index (κ2) is 3.79. The van der Waals surface area contributed by atoms with Crippen LogP contribution in [0.5, 0.6) is 0 Å². The second-order valence-corrected chi connectivity index (χ2v) is 4.36. The molecule has 1 N–H and O–H groups in total. The zero-order chi connectivity index (χ0) is 11.0. The van der Waals surface area contributed by atoms with Gasteiger partial charge in [0, 0.05) is 50.0 Å². The Morgan fingerprint density at radius 1 is 1.38 bits per heavy atom. The highest BCUT2D eigenvalue weighted by molar-refractivity contribution is 5.57. The van der Waals surface area contributed by atoms with Crippen molar-refractivity contribution in [3.05, 3.63) is 30.7 Å². The Bertz CT molecular complexity index is 488. The van der Waals surface area contributed by atoms with Crippen molar-refractivity contribution >= 4 is 11.3 Å². The van der Waals surface area contributed by atoms with Crippen LogP contribution in [-0.4, -0.2) is 34.2 Å². The van der Waals surface area contributed by atoms with Crippen LogP contribution in [0.4, 0.5) is 5.69 Å². The largest absolute Gasteiger partial charge is 0.396 e. The van der Waals surface area contributed by atoms with E-state index in [9.17, 15) is 0 Å². The Morgan fingerprint density at radius 2 is 2.25 bits per heavy atom. The summed E-state index contributed by atoms with van der Waals surface area (Å²) in [5, 5.41) is 8.84. The molecular weight excluding hydrogens is 202 g/mol. The van der Waals surface area contributed by atoms with Gasteiger partial charge in [0.25, 0.3) is 0 Å². The van der Waals surface area contributed by atoms with Gasteiger partial charge in [-0.2, -0.15) is 0 Å². The molecule has 84 valence electrons. The van der Waals surface area contributed by atoms with Crippen molar-refractivity contribution in [2.24, 2.45) is 5.92 Å². The van der Waals surface area contributed by atoms with E-state index in [1.54, 1.807) is 0 Å². The lowest BCUT2D eigenvalue weighted by molar-refractivity contribution is 0.239. The molecule has 0 spiro atoms. The number of fused-ring (bicyclic) bond motifs is 1. The molecule has 0 saturated carbocycles. The molecule has 2 aromatic rings. The number of rotatable bonds is 3. The van der Waals surface area contributed by atoms with E-state index in [1.807, 2.05) is 23.0 Å². The van der Waals surface area contributed by atoms with Gasteiger partial charge in [-0.15, -0.1) is 0 Å². The minimum atomic E-state index is 0.303. The van der Waals surface area contributed by atoms with Gasteiger partial charge in [0.05, 0.1) is 0 Å².